The highest BCUT2D eigenvalue weighted by Crippen LogP contribution is 2.39. The predicted octanol–water partition coefficient (Wildman–Crippen LogP) is 4.65. The zero-order valence-corrected chi connectivity index (χ0v) is 27.1. The molecule has 47 heavy (non-hydrogen) atoms. The zero-order chi connectivity index (χ0) is 33.3. The number of carbonyl (C=O) groups excluding carboxylic acids is 1. The van der Waals surface area contributed by atoms with E-state index in [1.807, 2.05) is 4.90 Å². The number of fused-ring (bicyclic) bond motifs is 3. The van der Waals surface area contributed by atoms with E-state index in [2.05, 4.69) is 9.74 Å². The van der Waals surface area contributed by atoms with E-state index in [0.29, 0.717) is 62.9 Å². The Balaban J connectivity index is 1.24. The van der Waals surface area contributed by atoms with E-state index in [1.54, 1.807) is 36.6 Å². The van der Waals surface area contributed by atoms with Crippen LogP contribution in [0.2, 0.25) is 0 Å². The summed E-state index contributed by atoms with van der Waals surface area (Å²) in [5.41, 5.74) is 0.209. The standard InChI is InChI=1S/C33H42F3N7O4/c1-32(2,3)47-31(44)43-14-13-42(18-23(43)17-37-4)29-25-10-12-41(28-9-6-5-8-26(28)33(34,35)36)20-27(25)38-30(39-29)45-15-7-11-40-19-24-16-22(40)21-46-24/h5-6,8-9,22-24H,7,10-21H2,1-3H3/t22-,23?,24-/m1/s1. The van der Waals surface area contributed by atoms with Gasteiger partial charge in [0, 0.05) is 56.6 Å². The summed E-state index contributed by atoms with van der Waals surface area (Å²) in [7, 11) is 0. The Bertz CT molecular complexity index is 1490. The third-order valence-corrected chi connectivity index (χ3v) is 9.12. The van der Waals surface area contributed by atoms with Gasteiger partial charge in [-0.05, 0) is 52.2 Å². The van der Waals surface area contributed by atoms with Crippen molar-refractivity contribution in [1.82, 2.24) is 19.8 Å². The number of anilines is 2. The maximum Gasteiger partial charge on any atom is 0.418 e. The second-order valence-electron chi connectivity index (χ2n) is 13.6. The molecule has 4 aliphatic rings. The third-order valence-electron chi connectivity index (χ3n) is 9.12. The number of amides is 1. The number of rotatable bonds is 8. The number of likely N-dealkylation sites (tertiary alicyclic amines) is 1. The number of nitrogens with zero attached hydrogens (tertiary/aromatic N) is 7. The number of piperazine rings is 1. The number of hydrogen-bond acceptors (Lipinski definition) is 9. The Morgan fingerprint density at radius 1 is 1.11 bits per heavy atom. The monoisotopic (exact) mass is 657 g/mol. The van der Waals surface area contributed by atoms with E-state index >= 15 is 0 Å². The van der Waals surface area contributed by atoms with Crippen LogP contribution in [-0.2, 0) is 28.6 Å². The average molecular weight is 658 g/mol. The van der Waals surface area contributed by atoms with Gasteiger partial charge in [-0.1, -0.05) is 12.1 Å². The molecule has 3 saturated heterocycles. The normalized spacial score (nSPS) is 23.1. The summed E-state index contributed by atoms with van der Waals surface area (Å²) in [6.45, 7) is 17.6. The second kappa shape index (κ2) is 13.4. The Hall–Kier alpha value is -3.83. The molecule has 0 radical (unpaired) electrons. The van der Waals surface area contributed by atoms with Crippen molar-refractivity contribution in [2.45, 2.75) is 76.5 Å². The molecule has 1 aromatic heterocycles. The molecule has 14 heteroatoms. The summed E-state index contributed by atoms with van der Waals surface area (Å²) in [6.07, 6.45) is -2.37. The molecule has 1 aromatic carbocycles. The maximum absolute atomic E-state index is 13.9. The summed E-state index contributed by atoms with van der Waals surface area (Å²) >= 11 is 0. The lowest BCUT2D eigenvalue weighted by Gasteiger charge is -2.41. The van der Waals surface area contributed by atoms with Crippen LogP contribution in [0.25, 0.3) is 4.85 Å². The molecule has 0 saturated carbocycles. The van der Waals surface area contributed by atoms with Crippen LogP contribution in [0.15, 0.2) is 24.3 Å². The Morgan fingerprint density at radius 2 is 1.91 bits per heavy atom. The van der Waals surface area contributed by atoms with Gasteiger partial charge in [0.2, 0.25) is 6.54 Å². The van der Waals surface area contributed by atoms with Crippen LogP contribution >= 0.6 is 0 Å². The highest BCUT2D eigenvalue weighted by atomic mass is 19.4. The van der Waals surface area contributed by atoms with Crippen LogP contribution in [0.5, 0.6) is 6.01 Å². The molecule has 0 aliphatic carbocycles. The van der Waals surface area contributed by atoms with Crippen LogP contribution in [0.1, 0.15) is 50.4 Å². The molecule has 0 spiro atoms. The second-order valence-corrected chi connectivity index (χ2v) is 13.6. The fraction of sp³-hybridized carbons (Fsp3) is 0.636. The number of halogens is 3. The van der Waals surface area contributed by atoms with Gasteiger partial charge in [-0.25, -0.2) is 11.4 Å². The van der Waals surface area contributed by atoms with Crippen molar-refractivity contribution in [3.05, 3.63) is 52.5 Å². The van der Waals surface area contributed by atoms with Gasteiger partial charge in [0.05, 0.1) is 37.1 Å². The molecule has 0 N–H and O–H groups in total. The van der Waals surface area contributed by atoms with Crippen molar-refractivity contribution >= 4 is 17.6 Å². The van der Waals surface area contributed by atoms with Crippen molar-refractivity contribution in [3.63, 3.8) is 0 Å². The summed E-state index contributed by atoms with van der Waals surface area (Å²) in [5.74, 6) is 0.640. The summed E-state index contributed by atoms with van der Waals surface area (Å²) in [4.78, 5) is 34.0. The van der Waals surface area contributed by atoms with E-state index in [1.165, 1.54) is 12.1 Å². The van der Waals surface area contributed by atoms with Gasteiger partial charge < -0.3 is 28.9 Å². The fourth-order valence-electron chi connectivity index (χ4n) is 6.96. The first kappa shape index (κ1) is 33.1. The smallest absolute Gasteiger partial charge is 0.418 e. The molecule has 2 bridgehead atoms. The lowest BCUT2D eigenvalue weighted by atomic mass is 10.0. The van der Waals surface area contributed by atoms with E-state index < -0.39 is 29.5 Å². The van der Waals surface area contributed by atoms with Crippen molar-refractivity contribution in [1.29, 1.82) is 0 Å². The molecule has 3 fully saturated rings. The van der Waals surface area contributed by atoms with Crippen molar-refractivity contribution in [2.24, 2.45) is 0 Å². The molecule has 1 amide bonds. The maximum atomic E-state index is 13.9. The van der Waals surface area contributed by atoms with Crippen molar-refractivity contribution in [2.75, 3.05) is 68.8 Å². The van der Waals surface area contributed by atoms with Crippen molar-refractivity contribution < 1.29 is 32.2 Å². The molecule has 254 valence electrons. The molecule has 3 atom stereocenters. The van der Waals surface area contributed by atoms with Gasteiger partial charge in [-0.15, -0.1) is 0 Å². The summed E-state index contributed by atoms with van der Waals surface area (Å²) < 4.78 is 59.2. The van der Waals surface area contributed by atoms with Crippen LogP contribution in [0.3, 0.4) is 0 Å². The number of aromatic nitrogens is 2. The van der Waals surface area contributed by atoms with E-state index in [4.69, 9.17) is 30.8 Å². The van der Waals surface area contributed by atoms with Crippen molar-refractivity contribution in [3.8, 4) is 6.01 Å². The van der Waals surface area contributed by atoms with Gasteiger partial charge in [0.25, 0.3) is 0 Å². The third kappa shape index (κ3) is 7.51. The van der Waals surface area contributed by atoms with Crippen LogP contribution in [0.4, 0.5) is 29.5 Å². The first-order chi connectivity index (χ1) is 22.4. The molecule has 2 aromatic rings. The van der Waals surface area contributed by atoms with E-state index in [-0.39, 0.29) is 24.8 Å². The highest BCUT2D eigenvalue weighted by Gasteiger charge is 2.40. The van der Waals surface area contributed by atoms with Gasteiger partial charge in [0.1, 0.15) is 17.5 Å². The lowest BCUT2D eigenvalue weighted by molar-refractivity contribution is -0.137. The topological polar surface area (TPSA) is 87.9 Å². The minimum Gasteiger partial charge on any atom is -0.463 e. The molecular formula is C33H42F3N7O4. The molecule has 6 rings (SSSR count). The van der Waals surface area contributed by atoms with Crippen LogP contribution in [0, 0.1) is 6.57 Å². The molecule has 4 aliphatic heterocycles. The fourth-order valence-corrected chi connectivity index (χ4v) is 6.96. The first-order valence-electron chi connectivity index (χ1n) is 16.3. The number of carbonyl (C=O) groups is 1. The SMILES string of the molecule is [C-]#[N+]CC1CN(c2nc(OCCCN3C[C@H]4C[C@@H]3CO4)nc3c2CCN(c2ccccc2C(F)(F)F)C3)CCN1C(=O)OC(C)(C)C. The Kier molecular flexibility index (Phi) is 9.40. The van der Waals surface area contributed by atoms with E-state index in [0.717, 1.165) is 44.2 Å². The molecule has 11 nitrogen and oxygen atoms in total. The van der Waals surface area contributed by atoms with Gasteiger partial charge >= 0.3 is 18.3 Å². The predicted molar refractivity (Wildman–Crippen MR) is 168 cm³/mol. The number of morpholine rings is 1. The largest absolute Gasteiger partial charge is 0.463 e. The molecular weight excluding hydrogens is 615 g/mol. The van der Waals surface area contributed by atoms with Gasteiger partial charge in [-0.3, -0.25) is 9.80 Å². The quantitative estimate of drug-likeness (QED) is 0.298. The number of hydrogen-bond donors (Lipinski definition) is 0. The first-order valence-corrected chi connectivity index (χ1v) is 16.3. The highest BCUT2D eigenvalue weighted by molar-refractivity contribution is 5.69. The number of ether oxygens (including phenoxy) is 3. The van der Waals surface area contributed by atoms with Crippen LogP contribution < -0.4 is 14.5 Å². The molecule has 1 unspecified atom stereocenters. The van der Waals surface area contributed by atoms with Gasteiger partial charge in [-0.2, -0.15) is 23.1 Å². The molecule has 5 heterocycles. The Morgan fingerprint density at radius 3 is 2.62 bits per heavy atom. The lowest BCUT2D eigenvalue weighted by Crippen LogP contribution is -2.57. The van der Waals surface area contributed by atoms with Crippen LogP contribution in [-0.4, -0.2) is 109 Å². The summed E-state index contributed by atoms with van der Waals surface area (Å²) in [5, 5.41) is 0. The minimum atomic E-state index is -4.49. The van der Waals surface area contributed by atoms with E-state index in [9.17, 15) is 18.0 Å². The number of benzene rings is 1. The summed E-state index contributed by atoms with van der Waals surface area (Å²) in [6, 6.07) is 5.81. The minimum absolute atomic E-state index is 0.0950. The van der Waals surface area contributed by atoms with Gasteiger partial charge in [0.15, 0.2) is 0 Å². The number of para-hydroxylation sites is 1. The Labute approximate surface area is 273 Å². The zero-order valence-electron chi connectivity index (χ0n) is 27.1. The number of alkyl halides is 3. The average Bonchev–Trinajstić information content (AvgIpc) is 3.65.